The van der Waals surface area contributed by atoms with Crippen molar-refractivity contribution in [3.8, 4) is 0 Å². The third-order valence-corrected chi connectivity index (χ3v) is 5.56. The lowest BCUT2D eigenvalue weighted by atomic mass is 10.0. The van der Waals surface area contributed by atoms with Crippen molar-refractivity contribution in [3.05, 3.63) is 35.1 Å². The van der Waals surface area contributed by atoms with E-state index in [1.54, 1.807) is 6.26 Å². The van der Waals surface area contributed by atoms with Crippen LogP contribution in [0.2, 0.25) is 0 Å². The van der Waals surface area contributed by atoms with Gasteiger partial charge in [-0.25, -0.2) is 0 Å². The first-order valence-electron chi connectivity index (χ1n) is 8.68. The Bertz CT molecular complexity index is 755. The summed E-state index contributed by atoms with van der Waals surface area (Å²) < 4.78 is 5.73. The Morgan fingerprint density at radius 1 is 1.29 bits per heavy atom. The number of nitrogens with one attached hydrogen (secondary N) is 1. The van der Waals surface area contributed by atoms with Gasteiger partial charge in [0.1, 0.15) is 5.58 Å². The molecule has 1 aromatic carbocycles. The van der Waals surface area contributed by atoms with E-state index in [1.165, 1.54) is 17.5 Å². The fourth-order valence-electron chi connectivity index (χ4n) is 3.96. The number of aryl methyl sites for hydroxylation is 2. The second-order valence-electron chi connectivity index (χ2n) is 6.98. The lowest BCUT2D eigenvalue weighted by Crippen LogP contribution is -2.57. The summed E-state index contributed by atoms with van der Waals surface area (Å²) >= 11 is 0. The maximum Gasteiger partial charge on any atom is 0.227 e. The van der Waals surface area contributed by atoms with E-state index in [4.69, 9.17) is 4.42 Å². The summed E-state index contributed by atoms with van der Waals surface area (Å²) in [5.74, 6) is 0.203. The van der Waals surface area contributed by atoms with Crippen molar-refractivity contribution in [1.29, 1.82) is 0 Å². The van der Waals surface area contributed by atoms with Gasteiger partial charge < -0.3 is 14.6 Å². The van der Waals surface area contributed by atoms with Crippen LogP contribution in [-0.4, -0.2) is 36.0 Å². The molecule has 0 saturated carbocycles. The standard InChI is InChI=1S/C19H24N2O2.ClH/c1-12-13(2)21(7-6-20-12)19(22)10-16-11-23-18-9-15-5-3-4-14(15)8-17(16)18;/h8-9,11-13,20H,3-7,10H2,1-2H3;1H. The molecule has 5 heteroatoms. The highest BCUT2D eigenvalue weighted by atomic mass is 35.5. The number of piperazine rings is 1. The molecule has 2 unspecified atom stereocenters. The highest BCUT2D eigenvalue weighted by Crippen LogP contribution is 2.30. The number of hydrogen-bond acceptors (Lipinski definition) is 3. The highest BCUT2D eigenvalue weighted by Gasteiger charge is 2.28. The van der Waals surface area contributed by atoms with Crippen LogP contribution in [0.5, 0.6) is 0 Å². The predicted molar refractivity (Wildman–Crippen MR) is 97.8 cm³/mol. The number of carbonyl (C=O) groups is 1. The number of halogens is 1. The second kappa shape index (κ2) is 6.77. The molecule has 2 heterocycles. The fraction of sp³-hybridized carbons (Fsp3) is 0.526. The van der Waals surface area contributed by atoms with Crippen LogP contribution >= 0.6 is 12.4 Å². The lowest BCUT2D eigenvalue weighted by molar-refractivity contribution is -0.134. The van der Waals surface area contributed by atoms with E-state index in [0.717, 1.165) is 42.5 Å². The number of nitrogens with zero attached hydrogens (tertiary/aromatic N) is 1. The Kier molecular flexibility index (Phi) is 4.88. The van der Waals surface area contributed by atoms with E-state index >= 15 is 0 Å². The first kappa shape index (κ1) is 17.3. The molecule has 0 radical (unpaired) electrons. The van der Waals surface area contributed by atoms with E-state index in [9.17, 15) is 4.79 Å². The maximum atomic E-state index is 12.8. The van der Waals surface area contributed by atoms with Crippen molar-refractivity contribution < 1.29 is 9.21 Å². The minimum Gasteiger partial charge on any atom is -0.464 e. The second-order valence-corrected chi connectivity index (χ2v) is 6.98. The zero-order valence-corrected chi connectivity index (χ0v) is 15.1. The summed E-state index contributed by atoms with van der Waals surface area (Å²) in [6, 6.07) is 4.99. The molecular weight excluding hydrogens is 324 g/mol. The molecule has 4 nitrogen and oxygen atoms in total. The van der Waals surface area contributed by atoms with Crippen LogP contribution in [0.1, 0.15) is 37.0 Å². The number of rotatable bonds is 2. The molecule has 1 amide bonds. The Balaban J connectivity index is 0.00000169. The van der Waals surface area contributed by atoms with E-state index in [2.05, 4.69) is 31.3 Å². The number of hydrogen-bond donors (Lipinski definition) is 1. The van der Waals surface area contributed by atoms with Crippen molar-refractivity contribution in [3.63, 3.8) is 0 Å². The quantitative estimate of drug-likeness (QED) is 0.907. The number of furan rings is 1. The molecule has 1 fully saturated rings. The SMILES string of the molecule is CC1NCCN(C(=O)Cc2coc3cc4c(cc23)CCC4)C1C.Cl. The van der Waals surface area contributed by atoms with Gasteiger partial charge in [-0.3, -0.25) is 4.79 Å². The molecule has 2 aromatic rings. The van der Waals surface area contributed by atoms with Gasteiger partial charge in [0.25, 0.3) is 0 Å². The number of carbonyl (C=O) groups excluding carboxylic acids is 1. The average molecular weight is 349 g/mol. The van der Waals surface area contributed by atoms with Crippen molar-refractivity contribution in [2.75, 3.05) is 13.1 Å². The normalized spacial score (nSPS) is 23.2. The van der Waals surface area contributed by atoms with Gasteiger partial charge >= 0.3 is 0 Å². The largest absolute Gasteiger partial charge is 0.464 e. The van der Waals surface area contributed by atoms with Crippen molar-refractivity contribution in [1.82, 2.24) is 10.2 Å². The third kappa shape index (κ3) is 2.93. The molecule has 1 aromatic heterocycles. The summed E-state index contributed by atoms with van der Waals surface area (Å²) in [6.07, 6.45) is 5.73. The maximum absolute atomic E-state index is 12.8. The molecular formula is C19H25ClN2O2. The molecule has 1 saturated heterocycles. The molecule has 4 rings (SSSR count). The number of benzene rings is 1. The topological polar surface area (TPSA) is 45.5 Å². The minimum atomic E-state index is 0. The van der Waals surface area contributed by atoms with Crippen LogP contribution in [0, 0.1) is 0 Å². The number of fused-ring (bicyclic) bond motifs is 2. The summed E-state index contributed by atoms with van der Waals surface area (Å²) in [4.78, 5) is 14.8. The van der Waals surface area contributed by atoms with Gasteiger partial charge in [-0.2, -0.15) is 0 Å². The Hall–Kier alpha value is -1.52. The Morgan fingerprint density at radius 3 is 2.83 bits per heavy atom. The number of amides is 1. The molecule has 1 aliphatic heterocycles. The average Bonchev–Trinajstić information content (AvgIpc) is 3.14. The van der Waals surface area contributed by atoms with Crippen LogP contribution in [0.25, 0.3) is 11.0 Å². The predicted octanol–water partition coefficient (Wildman–Crippen LogP) is 3.09. The summed E-state index contributed by atoms with van der Waals surface area (Å²) in [7, 11) is 0. The van der Waals surface area contributed by atoms with Crippen molar-refractivity contribution in [2.24, 2.45) is 0 Å². The van der Waals surface area contributed by atoms with Crippen LogP contribution < -0.4 is 5.32 Å². The molecule has 0 spiro atoms. The van der Waals surface area contributed by atoms with Crippen molar-refractivity contribution >= 4 is 29.3 Å². The van der Waals surface area contributed by atoms with Crippen molar-refractivity contribution in [2.45, 2.75) is 51.6 Å². The van der Waals surface area contributed by atoms with E-state index in [0.29, 0.717) is 12.5 Å². The molecule has 1 aliphatic carbocycles. The van der Waals surface area contributed by atoms with Gasteiger partial charge in [0.05, 0.1) is 12.7 Å². The summed E-state index contributed by atoms with van der Waals surface area (Å²) in [5, 5.41) is 4.54. The molecule has 130 valence electrons. The van der Waals surface area contributed by atoms with E-state index in [1.807, 2.05) is 4.90 Å². The van der Waals surface area contributed by atoms with Crippen LogP contribution in [0.15, 0.2) is 22.8 Å². The lowest BCUT2D eigenvalue weighted by Gasteiger charge is -2.38. The Morgan fingerprint density at radius 2 is 2.04 bits per heavy atom. The van der Waals surface area contributed by atoms with Gasteiger partial charge in [0.15, 0.2) is 0 Å². The zero-order valence-electron chi connectivity index (χ0n) is 14.3. The van der Waals surface area contributed by atoms with Gasteiger partial charge in [-0.15, -0.1) is 12.4 Å². The summed E-state index contributed by atoms with van der Waals surface area (Å²) in [6.45, 7) is 5.92. The first-order chi connectivity index (χ1) is 11.1. The fourth-order valence-corrected chi connectivity index (χ4v) is 3.96. The van der Waals surface area contributed by atoms with Crippen LogP contribution in [-0.2, 0) is 24.1 Å². The monoisotopic (exact) mass is 348 g/mol. The highest BCUT2D eigenvalue weighted by molar-refractivity contribution is 5.89. The van der Waals surface area contributed by atoms with Gasteiger partial charge in [0.2, 0.25) is 5.91 Å². The third-order valence-electron chi connectivity index (χ3n) is 5.56. The first-order valence-corrected chi connectivity index (χ1v) is 8.68. The molecule has 2 atom stereocenters. The Labute approximate surface area is 149 Å². The van der Waals surface area contributed by atoms with Crippen LogP contribution in [0.4, 0.5) is 0 Å². The summed E-state index contributed by atoms with van der Waals surface area (Å²) in [5.41, 5.74) is 4.79. The van der Waals surface area contributed by atoms with E-state index in [-0.39, 0.29) is 24.4 Å². The van der Waals surface area contributed by atoms with Gasteiger partial charge in [-0.05, 0) is 56.4 Å². The molecule has 24 heavy (non-hydrogen) atoms. The molecule has 2 aliphatic rings. The van der Waals surface area contributed by atoms with Crippen LogP contribution in [0.3, 0.4) is 0 Å². The minimum absolute atomic E-state index is 0. The zero-order chi connectivity index (χ0) is 16.0. The van der Waals surface area contributed by atoms with Gasteiger partial charge in [-0.1, -0.05) is 0 Å². The molecule has 1 N–H and O–H groups in total. The molecule has 0 bridgehead atoms. The smallest absolute Gasteiger partial charge is 0.227 e. The van der Waals surface area contributed by atoms with Gasteiger partial charge in [0, 0.05) is 36.1 Å². The van der Waals surface area contributed by atoms with E-state index < -0.39 is 0 Å².